The number of aromatic nitrogens is 4. The van der Waals surface area contributed by atoms with E-state index in [1.165, 1.54) is 16.1 Å². The van der Waals surface area contributed by atoms with Crippen LogP contribution in [0.25, 0.3) is 5.69 Å². The van der Waals surface area contributed by atoms with Gasteiger partial charge < -0.3 is 5.11 Å². The summed E-state index contributed by atoms with van der Waals surface area (Å²) in [5.41, 5.74) is 6.93. The fraction of sp³-hybridized carbons (Fsp3) is 0.250. The molecule has 3 aromatic rings. The predicted molar refractivity (Wildman–Crippen MR) is 95.2 cm³/mol. The first kappa shape index (κ1) is 16.1. The summed E-state index contributed by atoms with van der Waals surface area (Å²) in [6.07, 6.45) is 2.37. The molecule has 0 spiro atoms. The molecule has 8 heteroatoms. The predicted octanol–water partition coefficient (Wildman–Crippen LogP) is 3.05. The van der Waals surface area contributed by atoms with Crippen LogP contribution >= 0.6 is 11.3 Å². The third-order valence-electron chi connectivity index (χ3n) is 3.44. The molecular formula is C16H18N6OS. The summed E-state index contributed by atoms with van der Waals surface area (Å²) in [6.45, 7) is 5.88. The number of thiazole rings is 1. The van der Waals surface area contributed by atoms with E-state index in [9.17, 15) is 5.11 Å². The highest BCUT2D eigenvalue weighted by molar-refractivity contribution is 7.13. The van der Waals surface area contributed by atoms with E-state index in [-0.39, 0.29) is 5.75 Å². The zero-order chi connectivity index (χ0) is 17.1. The number of aryl methyl sites for hydroxylation is 3. The molecule has 0 aliphatic heterocycles. The van der Waals surface area contributed by atoms with Crippen molar-refractivity contribution in [3.05, 3.63) is 46.2 Å². The van der Waals surface area contributed by atoms with Gasteiger partial charge in [0.2, 0.25) is 5.13 Å². The van der Waals surface area contributed by atoms with Crippen LogP contribution in [-0.4, -0.2) is 31.3 Å². The number of nitrogens with zero attached hydrogens (tertiary/aromatic N) is 5. The molecule has 0 saturated carbocycles. The first-order valence-electron chi connectivity index (χ1n) is 7.54. The number of phenolic OH excluding ortho intramolecular Hbond substituents is 1. The van der Waals surface area contributed by atoms with Gasteiger partial charge in [-0.3, -0.25) is 5.43 Å². The van der Waals surface area contributed by atoms with Crippen LogP contribution in [0.1, 0.15) is 29.6 Å². The van der Waals surface area contributed by atoms with Crippen molar-refractivity contribution in [1.29, 1.82) is 0 Å². The topological polar surface area (TPSA) is 88.2 Å². The number of hydrazone groups is 1. The minimum absolute atomic E-state index is 0.112. The molecule has 7 nitrogen and oxygen atoms in total. The molecule has 2 heterocycles. The van der Waals surface area contributed by atoms with Gasteiger partial charge in [0.25, 0.3) is 0 Å². The molecule has 0 aliphatic rings. The number of anilines is 1. The van der Waals surface area contributed by atoms with E-state index in [0.717, 1.165) is 23.5 Å². The SMILES string of the molecule is CCc1nn(-c2ccc(C=NNc3nc(C)cs3)c(O)c2)nc1C. The van der Waals surface area contributed by atoms with Crippen molar-refractivity contribution in [2.45, 2.75) is 27.2 Å². The fourth-order valence-corrected chi connectivity index (χ4v) is 2.82. The lowest BCUT2D eigenvalue weighted by molar-refractivity contribution is 0.473. The Morgan fingerprint density at radius 3 is 2.79 bits per heavy atom. The van der Waals surface area contributed by atoms with Crippen molar-refractivity contribution < 1.29 is 5.11 Å². The van der Waals surface area contributed by atoms with Gasteiger partial charge in [-0.1, -0.05) is 6.92 Å². The van der Waals surface area contributed by atoms with Gasteiger partial charge in [-0.15, -0.1) is 11.3 Å². The fourth-order valence-electron chi connectivity index (χ4n) is 2.18. The van der Waals surface area contributed by atoms with Crippen molar-refractivity contribution in [2.24, 2.45) is 5.10 Å². The highest BCUT2D eigenvalue weighted by Crippen LogP contribution is 2.20. The minimum atomic E-state index is 0.112. The third kappa shape index (κ3) is 3.43. The van der Waals surface area contributed by atoms with Crippen LogP contribution < -0.4 is 5.43 Å². The molecular weight excluding hydrogens is 324 g/mol. The molecule has 2 N–H and O–H groups in total. The van der Waals surface area contributed by atoms with Crippen LogP contribution in [0.4, 0.5) is 5.13 Å². The number of rotatable bonds is 5. The Labute approximate surface area is 143 Å². The smallest absolute Gasteiger partial charge is 0.203 e. The second-order valence-electron chi connectivity index (χ2n) is 5.28. The quantitative estimate of drug-likeness (QED) is 0.549. The van der Waals surface area contributed by atoms with Gasteiger partial charge in [0.1, 0.15) is 5.75 Å². The average Bonchev–Trinajstić information content (AvgIpc) is 3.14. The second-order valence-corrected chi connectivity index (χ2v) is 6.14. The second kappa shape index (κ2) is 6.79. The zero-order valence-corrected chi connectivity index (χ0v) is 14.5. The van der Waals surface area contributed by atoms with Crippen LogP contribution in [0, 0.1) is 13.8 Å². The molecule has 0 amide bonds. The summed E-state index contributed by atoms with van der Waals surface area (Å²) in [4.78, 5) is 5.78. The molecule has 3 rings (SSSR count). The van der Waals surface area contributed by atoms with Crippen molar-refractivity contribution in [1.82, 2.24) is 20.0 Å². The molecule has 0 aliphatic carbocycles. The molecule has 0 atom stereocenters. The van der Waals surface area contributed by atoms with Crippen LogP contribution in [0.15, 0.2) is 28.7 Å². The van der Waals surface area contributed by atoms with Gasteiger partial charge in [0.15, 0.2) is 0 Å². The summed E-state index contributed by atoms with van der Waals surface area (Å²) in [5, 5.41) is 25.7. The van der Waals surface area contributed by atoms with E-state index >= 15 is 0 Å². The largest absolute Gasteiger partial charge is 0.507 e. The highest BCUT2D eigenvalue weighted by atomic mass is 32.1. The Bertz CT molecular complexity index is 883. The average molecular weight is 342 g/mol. The van der Waals surface area contributed by atoms with E-state index in [1.807, 2.05) is 32.2 Å². The molecule has 0 saturated heterocycles. The van der Waals surface area contributed by atoms with Crippen molar-refractivity contribution in [2.75, 3.05) is 5.43 Å². The molecule has 0 radical (unpaired) electrons. The lowest BCUT2D eigenvalue weighted by Crippen LogP contribution is -2.00. The summed E-state index contributed by atoms with van der Waals surface area (Å²) in [5.74, 6) is 0.112. The standard InChI is InChI=1S/C16H18N6OS/c1-4-14-11(3)20-22(21-14)13-6-5-12(15(23)7-13)8-17-19-16-18-10(2)9-24-16/h5-9,23H,4H2,1-3H3,(H,18,19). The number of hydrogen-bond acceptors (Lipinski definition) is 7. The number of aromatic hydroxyl groups is 1. The summed E-state index contributed by atoms with van der Waals surface area (Å²) >= 11 is 1.48. The first-order valence-corrected chi connectivity index (χ1v) is 8.42. The van der Waals surface area contributed by atoms with E-state index in [4.69, 9.17) is 0 Å². The Hall–Kier alpha value is -2.74. The maximum absolute atomic E-state index is 10.2. The zero-order valence-electron chi connectivity index (χ0n) is 13.7. The van der Waals surface area contributed by atoms with Gasteiger partial charge in [-0.2, -0.15) is 20.1 Å². The van der Waals surface area contributed by atoms with Crippen LogP contribution in [-0.2, 0) is 6.42 Å². The summed E-state index contributed by atoms with van der Waals surface area (Å²) in [7, 11) is 0. The Morgan fingerprint density at radius 2 is 2.17 bits per heavy atom. The van der Waals surface area contributed by atoms with Gasteiger partial charge in [-0.05, 0) is 32.4 Å². The molecule has 124 valence electrons. The van der Waals surface area contributed by atoms with Crippen molar-refractivity contribution >= 4 is 22.7 Å². The Morgan fingerprint density at radius 1 is 1.33 bits per heavy atom. The normalized spacial score (nSPS) is 11.3. The Kier molecular flexibility index (Phi) is 4.57. The van der Waals surface area contributed by atoms with E-state index in [2.05, 4.69) is 25.7 Å². The van der Waals surface area contributed by atoms with Gasteiger partial charge in [-0.25, -0.2) is 4.98 Å². The highest BCUT2D eigenvalue weighted by Gasteiger charge is 2.08. The van der Waals surface area contributed by atoms with Crippen LogP contribution in [0.3, 0.4) is 0 Å². The minimum Gasteiger partial charge on any atom is -0.507 e. The number of phenols is 1. The van der Waals surface area contributed by atoms with Gasteiger partial charge in [0, 0.05) is 17.0 Å². The maximum atomic E-state index is 10.2. The lowest BCUT2D eigenvalue weighted by atomic mass is 10.2. The summed E-state index contributed by atoms with van der Waals surface area (Å²) in [6, 6.07) is 5.23. The molecule has 0 bridgehead atoms. The molecule has 2 aromatic heterocycles. The monoisotopic (exact) mass is 342 g/mol. The van der Waals surface area contributed by atoms with Crippen LogP contribution in [0.5, 0.6) is 5.75 Å². The molecule has 0 unspecified atom stereocenters. The van der Waals surface area contributed by atoms with Gasteiger partial charge >= 0.3 is 0 Å². The van der Waals surface area contributed by atoms with Gasteiger partial charge in [0.05, 0.1) is 29.0 Å². The number of nitrogens with one attached hydrogen (secondary N) is 1. The first-order chi connectivity index (χ1) is 11.6. The molecule has 24 heavy (non-hydrogen) atoms. The van der Waals surface area contributed by atoms with E-state index in [0.29, 0.717) is 16.4 Å². The lowest BCUT2D eigenvalue weighted by Gasteiger charge is -2.03. The van der Waals surface area contributed by atoms with E-state index in [1.54, 1.807) is 18.3 Å². The molecule has 0 fully saturated rings. The molecule has 1 aromatic carbocycles. The van der Waals surface area contributed by atoms with Crippen LogP contribution in [0.2, 0.25) is 0 Å². The Balaban J connectivity index is 1.76. The summed E-state index contributed by atoms with van der Waals surface area (Å²) < 4.78 is 0. The number of hydrogen-bond donors (Lipinski definition) is 2. The number of benzene rings is 1. The third-order valence-corrected chi connectivity index (χ3v) is 4.31. The maximum Gasteiger partial charge on any atom is 0.203 e. The van der Waals surface area contributed by atoms with Crippen molar-refractivity contribution in [3.8, 4) is 11.4 Å². The van der Waals surface area contributed by atoms with Crippen molar-refractivity contribution in [3.63, 3.8) is 0 Å². The van der Waals surface area contributed by atoms with E-state index < -0.39 is 0 Å².